The Morgan fingerprint density at radius 2 is 2.15 bits per heavy atom. The molecule has 2 unspecified atom stereocenters. The predicted octanol–water partition coefficient (Wildman–Crippen LogP) is 1.39. The summed E-state index contributed by atoms with van der Waals surface area (Å²) in [5.41, 5.74) is 0. The summed E-state index contributed by atoms with van der Waals surface area (Å²) in [5.74, 6) is 0.209. The summed E-state index contributed by atoms with van der Waals surface area (Å²) < 4.78 is 7.17. The van der Waals surface area contributed by atoms with Crippen molar-refractivity contribution >= 4 is 10.8 Å². The topological polar surface area (TPSA) is 76.5 Å². The van der Waals surface area contributed by atoms with Gasteiger partial charge in [0.1, 0.15) is 11.9 Å². The first kappa shape index (κ1) is 12.6. The summed E-state index contributed by atoms with van der Waals surface area (Å²) in [7, 11) is 0. The molecule has 1 aromatic carbocycles. The van der Waals surface area contributed by atoms with Crippen LogP contribution < -0.4 is 4.57 Å². The number of nitrogens with zero attached hydrogens (tertiary/aromatic N) is 2. The van der Waals surface area contributed by atoms with Crippen molar-refractivity contribution in [3.05, 3.63) is 58.9 Å². The zero-order chi connectivity index (χ0) is 14.1. The molecule has 6 nitrogen and oxygen atoms in total. The molecule has 3 rings (SSSR count). The average Bonchev–Trinajstić information content (AvgIpc) is 2.87. The molecule has 1 aromatic heterocycles. The zero-order valence-corrected chi connectivity index (χ0v) is 10.5. The Kier molecular flexibility index (Phi) is 3.08. The van der Waals surface area contributed by atoms with Crippen LogP contribution in [0.5, 0.6) is 5.75 Å². The molecule has 2 atom stereocenters. The van der Waals surface area contributed by atoms with Crippen LogP contribution >= 0.6 is 0 Å². The van der Waals surface area contributed by atoms with Crippen LogP contribution in [0.1, 0.15) is 0 Å². The molecule has 20 heavy (non-hydrogen) atoms. The second kappa shape index (κ2) is 4.90. The van der Waals surface area contributed by atoms with E-state index in [1.807, 2.05) is 29.1 Å². The molecular formula is C14H13N2O4+. The fraction of sp³-hybridized carbons (Fsp3) is 0.214. The predicted molar refractivity (Wildman–Crippen MR) is 70.6 cm³/mol. The normalized spacial score (nSPS) is 21.4. The lowest BCUT2D eigenvalue weighted by Gasteiger charge is -2.06. The van der Waals surface area contributed by atoms with Crippen molar-refractivity contribution < 1.29 is 19.3 Å². The van der Waals surface area contributed by atoms with Gasteiger partial charge < -0.3 is 5.11 Å². The highest BCUT2D eigenvalue weighted by Crippen LogP contribution is 2.18. The highest BCUT2D eigenvalue weighted by Gasteiger charge is 2.29. The van der Waals surface area contributed by atoms with E-state index in [0.29, 0.717) is 6.54 Å². The van der Waals surface area contributed by atoms with Crippen LogP contribution in [0.3, 0.4) is 0 Å². The lowest BCUT2D eigenvalue weighted by atomic mass is 10.1. The largest absolute Gasteiger partial charge is 0.508 e. The number of rotatable bonds is 3. The van der Waals surface area contributed by atoms with E-state index in [1.54, 1.807) is 18.2 Å². The molecule has 0 saturated heterocycles. The molecular weight excluding hydrogens is 260 g/mol. The molecule has 0 aliphatic carbocycles. The van der Waals surface area contributed by atoms with Gasteiger partial charge in [0.25, 0.3) is 0 Å². The molecule has 0 radical (unpaired) electrons. The summed E-state index contributed by atoms with van der Waals surface area (Å²) in [6.45, 7) is 0.492. The summed E-state index contributed by atoms with van der Waals surface area (Å²) in [5, 5.41) is 22.0. The first-order valence-corrected chi connectivity index (χ1v) is 6.21. The monoisotopic (exact) mass is 273 g/mol. The van der Waals surface area contributed by atoms with Crippen molar-refractivity contribution in [3.8, 4) is 5.75 Å². The van der Waals surface area contributed by atoms with Gasteiger partial charge in [-0.25, -0.2) is 4.57 Å². The van der Waals surface area contributed by atoms with E-state index >= 15 is 0 Å². The van der Waals surface area contributed by atoms with Gasteiger partial charge in [0.2, 0.25) is 0 Å². The number of phenolic OH excluding ortho intramolecular Hbond substituents is 1. The van der Waals surface area contributed by atoms with E-state index < -0.39 is 11.2 Å². The van der Waals surface area contributed by atoms with Gasteiger partial charge in [0.15, 0.2) is 18.9 Å². The Bertz CT molecular complexity index is 699. The third-order valence-electron chi connectivity index (χ3n) is 3.22. The van der Waals surface area contributed by atoms with Crippen LogP contribution in [-0.4, -0.2) is 22.4 Å². The van der Waals surface area contributed by atoms with E-state index in [1.165, 1.54) is 6.08 Å². The Morgan fingerprint density at radius 3 is 2.90 bits per heavy atom. The van der Waals surface area contributed by atoms with E-state index in [0.717, 1.165) is 10.8 Å². The SMILES string of the molecule is O=[N+]([O-])C1C=CC(C[n+]2ccc3ccc(O)cc3c2)O1. The smallest absolute Gasteiger partial charge is 0.336 e. The fourth-order valence-electron chi connectivity index (χ4n) is 2.26. The average molecular weight is 273 g/mol. The third kappa shape index (κ3) is 2.46. The number of fused-ring (bicyclic) bond motifs is 1. The van der Waals surface area contributed by atoms with Gasteiger partial charge >= 0.3 is 6.23 Å². The van der Waals surface area contributed by atoms with Gasteiger partial charge in [-0.15, -0.1) is 0 Å². The highest BCUT2D eigenvalue weighted by molar-refractivity contribution is 5.81. The second-order valence-electron chi connectivity index (χ2n) is 4.69. The van der Waals surface area contributed by atoms with E-state index in [2.05, 4.69) is 0 Å². The Labute approximate surface area is 114 Å². The Balaban J connectivity index is 1.78. The Morgan fingerprint density at radius 1 is 1.30 bits per heavy atom. The number of nitro groups is 1. The minimum Gasteiger partial charge on any atom is -0.508 e. The van der Waals surface area contributed by atoms with Gasteiger partial charge in [-0.05, 0) is 23.6 Å². The lowest BCUT2D eigenvalue weighted by molar-refractivity contribution is -0.703. The van der Waals surface area contributed by atoms with E-state index in [-0.39, 0.29) is 11.9 Å². The van der Waals surface area contributed by atoms with Crippen LogP contribution in [0.2, 0.25) is 0 Å². The third-order valence-corrected chi connectivity index (χ3v) is 3.22. The molecule has 0 saturated carbocycles. The molecule has 1 aliphatic heterocycles. The van der Waals surface area contributed by atoms with Gasteiger partial charge in [-0.3, -0.25) is 14.9 Å². The highest BCUT2D eigenvalue weighted by atomic mass is 16.7. The first-order valence-electron chi connectivity index (χ1n) is 6.21. The molecule has 0 bridgehead atoms. The molecule has 0 fully saturated rings. The van der Waals surface area contributed by atoms with Crippen LogP contribution in [-0.2, 0) is 11.3 Å². The summed E-state index contributed by atoms with van der Waals surface area (Å²) in [6.07, 6.45) is 5.56. The standard InChI is InChI=1S/C14H12N2O4/c17-12-2-1-10-5-6-15(8-11(10)7-12)9-13-3-4-14(20-13)16(18)19/h1-8,13-14H,9H2/p+1. The molecule has 0 amide bonds. The number of benzene rings is 1. The Hall–Kier alpha value is -2.47. The number of ether oxygens (including phenoxy) is 1. The van der Waals surface area contributed by atoms with Crippen LogP contribution in [0.25, 0.3) is 10.8 Å². The zero-order valence-electron chi connectivity index (χ0n) is 10.5. The van der Waals surface area contributed by atoms with Gasteiger partial charge in [-0.1, -0.05) is 6.07 Å². The molecule has 2 heterocycles. The van der Waals surface area contributed by atoms with Crippen molar-refractivity contribution in [3.63, 3.8) is 0 Å². The summed E-state index contributed by atoms with van der Waals surface area (Å²) >= 11 is 0. The van der Waals surface area contributed by atoms with Crippen molar-refractivity contribution in [1.82, 2.24) is 0 Å². The molecule has 2 aromatic rings. The van der Waals surface area contributed by atoms with Crippen molar-refractivity contribution in [1.29, 1.82) is 0 Å². The number of aromatic hydroxyl groups is 1. The van der Waals surface area contributed by atoms with Gasteiger partial charge in [0.05, 0.1) is 4.92 Å². The molecule has 1 aliphatic rings. The van der Waals surface area contributed by atoms with E-state index in [4.69, 9.17) is 4.74 Å². The maximum absolute atomic E-state index is 10.6. The number of hydrogen-bond acceptors (Lipinski definition) is 4. The number of aromatic nitrogens is 1. The summed E-state index contributed by atoms with van der Waals surface area (Å²) in [6, 6.07) is 7.08. The van der Waals surface area contributed by atoms with Crippen molar-refractivity contribution in [2.24, 2.45) is 0 Å². The quantitative estimate of drug-likeness (QED) is 0.397. The molecule has 6 heteroatoms. The van der Waals surface area contributed by atoms with Gasteiger partial charge in [-0.2, -0.15) is 0 Å². The molecule has 1 N–H and O–H groups in total. The molecule has 102 valence electrons. The minimum absolute atomic E-state index is 0.209. The maximum atomic E-state index is 10.6. The molecule has 0 spiro atoms. The minimum atomic E-state index is -1.05. The van der Waals surface area contributed by atoms with Gasteiger partial charge in [0, 0.05) is 17.5 Å². The van der Waals surface area contributed by atoms with Crippen LogP contribution in [0.4, 0.5) is 0 Å². The van der Waals surface area contributed by atoms with Crippen LogP contribution in [0.15, 0.2) is 48.8 Å². The number of hydrogen-bond donors (Lipinski definition) is 1. The van der Waals surface area contributed by atoms with Crippen molar-refractivity contribution in [2.45, 2.75) is 18.9 Å². The fourth-order valence-corrected chi connectivity index (χ4v) is 2.26. The number of pyridine rings is 1. The maximum Gasteiger partial charge on any atom is 0.336 e. The first-order chi connectivity index (χ1) is 9.61. The van der Waals surface area contributed by atoms with E-state index in [9.17, 15) is 15.2 Å². The summed E-state index contributed by atoms with van der Waals surface area (Å²) in [4.78, 5) is 10.1. The van der Waals surface area contributed by atoms with Crippen molar-refractivity contribution in [2.75, 3.05) is 0 Å². The van der Waals surface area contributed by atoms with Crippen LogP contribution in [0, 0.1) is 10.1 Å². The second-order valence-corrected chi connectivity index (χ2v) is 4.69. The lowest BCUT2D eigenvalue weighted by Crippen LogP contribution is -2.39. The number of phenols is 1.